The van der Waals surface area contributed by atoms with Gasteiger partial charge in [-0.05, 0) is 13.8 Å². The van der Waals surface area contributed by atoms with Crippen molar-refractivity contribution in [3.8, 4) is 0 Å². The normalized spacial score (nSPS) is 10.9. The molecule has 0 aliphatic rings. The second-order valence-electron chi connectivity index (χ2n) is 3.97. The average Bonchev–Trinajstić information content (AvgIpc) is 2.27. The van der Waals surface area contributed by atoms with E-state index in [1.54, 1.807) is 0 Å². The minimum Gasteiger partial charge on any atom is -0.395 e. The third-order valence-corrected chi connectivity index (χ3v) is 2.77. The van der Waals surface area contributed by atoms with E-state index in [1.807, 2.05) is 0 Å². The first kappa shape index (κ1) is 17.2. The van der Waals surface area contributed by atoms with Crippen LogP contribution in [0, 0.1) is 5.41 Å². The van der Waals surface area contributed by atoms with Crippen LogP contribution >= 0.6 is 0 Å². The first-order valence-corrected chi connectivity index (χ1v) is 5.59. The highest BCUT2D eigenvalue weighted by Gasteiger charge is 2.55. The van der Waals surface area contributed by atoms with Gasteiger partial charge in [0.15, 0.2) is 11.6 Å². The molecule has 0 aromatic heterocycles. The van der Waals surface area contributed by atoms with Crippen molar-refractivity contribution in [1.29, 1.82) is 0 Å². The predicted octanol–water partition coefficient (Wildman–Crippen LogP) is -2.55. The average molecular weight is 274 g/mol. The van der Waals surface area contributed by atoms with Crippen molar-refractivity contribution in [2.75, 3.05) is 26.3 Å². The van der Waals surface area contributed by atoms with Crippen LogP contribution in [-0.4, -0.2) is 64.8 Å². The fourth-order valence-corrected chi connectivity index (χ4v) is 1.79. The number of aliphatic hydroxyl groups is 2. The second-order valence-corrected chi connectivity index (χ2v) is 3.97. The summed E-state index contributed by atoms with van der Waals surface area (Å²) in [5.74, 6) is -4.46. The highest BCUT2D eigenvalue weighted by Crippen LogP contribution is 2.23. The van der Waals surface area contributed by atoms with Crippen molar-refractivity contribution < 1.29 is 29.4 Å². The maximum Gasteiger partial charge on any atom is 0.253 e. The molecule has 0 saturated heterocycles. The number of Topliss-reactive ketones (excluding diaryl/α,β-unsaturated/α-hetero) is 2. The van der Waals surface area contributed by atoms with Crippen LogP contribution in [0.3, 0.4) is 0 Å². The van der Waals surface area contributed by atoms with Crippen LogP contribution in [0.25, 0.3) is 0 Å². The predicted molar refractivity (Wildman–Crippen MR) is 63.7 cm³/mol. The minimum atomic E-state index is -2.59. The van der Waals surface area contributed by atoms with Gasteiger partial charge in [0.2, 0.25) is 11.3 Å². The number of aliphatic hydroxyl groups excluding tert-OH is 2. The van der Waals surface area contributed by atoms with Crippen LogP contribution < -0.4 is 5.73 Å². The molecule has 8 heteroatoms. The molecule has 0 aliphatic carbocycles. The van der Waals surface area contributed by atoms with Gasteiger partial charge in [-0.3, -0.25) is 19.2 Å². The van der Waals surface area contributed by atoms with Crippen LogP contribution in [0.5, 0.6) is 0 Å². The molecule has 0 heterocycles. The highest BCUT2D eigenvalue weighted by molar-refractivity contribution is 6.36. The van der Waals surface area contributed by atoms with Gasteiger partial charge in [-0.2, -0.15) is 0 Å². The van der Waals surface area contributed by atoms with Crippen molar-refractivity contribution in [3.05, 3.63) is 0 Å². The Morgan fingerprint density at radius 1 is 1.00 bits per heavy atom. The molecular formula is C11H18N2O6. The number of nitrogens with two attached hydrogens (primary N) is 1. The number of amides is 2. The van der Waals surface area contributed by atoms with E-state index >= 15 is 0 Å². The van der Waals surface area contributed by atoms with E-state index in [-0.39, 0.29) is 13.1 Å². The first-order chi connectivity index (χ1) is 8.76. The molecule has 0 saturated carbocycles. The summed E-state index contributed by atoms with van der Waals surface area (Å²) in [4.78, 5) is 47.8. The van der Waals surface area contributed by atoms with E-state index in [0.717, 1.165) is 18.7 Å². The molecule has 0 aliphatic heterocycles. The number of carbonyl (C=O) groups excluding carboxylic acids is 4. The number of ketones is 2. The first-order valence-electron chi connectivity index (χ1n) is 5.59. The smallest absolute Gasteiger partial charge is 0.253 e. The molecule has 0 unspecified atom stereocenters. The summed E-state index contributed by atoms with van der Waals surface area (Å²) in [6.07, 6.45) is 0. The maximum absolute atomic E-state index is 12.2. The van der Waals surface area contributed by atoms with Crippen molar-refractivity contribution in [3.63, 3.8) is 0 Å². The monoisotopic (exact) mass is 274 g/mol. The van der Waals surface area contributed by atoms with Crippen LogP contribution in [0.2, 0.25) is 0 Å². The Morgan fingerprint density at radius 2 is 1.37 bits per heavy atom. The fourth-order valence-electron chi connectivity index (χ4n) is 1.79. The highest BCUT2D eigenvalue weighted by atomic mass is 16.3. The SMILES string of the molecule is CC(=O)C(C(C)=O)(C(N)=O)C(=O)N(CCO)CCO. The van der Waals surface area contributed by atoms with Crippen LogP contribution in [0.1, 0.15) is 13.8 Å². The third-order valence-electron chi connectivity index (χ3n) is 2.77. The van der Waals surface area contributed by atoms with E-state index in [1.165, 1.54) is 0 Å². The molecule has 8 nitrogen and oxygen atoms in total. The standard InChI is InChI=1S/C11H18N2O6/c1-7(16)11(8(2)17,9(12)18)10(19)13(3-5-14)4-6-15/h14-15H,3-6H2,1-2H3,(H2,12,18). The van der Waals surface area contributed by atoms with Gasteiger partial charge in [0.05, 0.1) is 13.2 Å². The zero-order chi connectivity index (χ0) is 15.2. The number of rotatable bonds is 8. The largest absolute Gasteiger partial charge is 0.395 e. The lowest BCUT2D eigenvalue weighted by molar-refractivity contribution is -0.159. The van der Waals surface area contributed by atoms with Crippen LogP contribution in [0.4, 0.5) is 0 Å². The molecule has 4 N–H and O–H groups in total. The zero-order valence-electron chi connectivity index (χ0n) is 10.9. The van der Waals surface area contributed by atoms with Gasteiger partial charge in [-0.1, -0.05) is 0 Å². The number of hydrogen-bond donors (Lipinski definition) is 3. The van der Waals surface area contributed by atoms with Gasteiger partial charge >= 0.3 is 0 Å². The molecule has 0 atom stereocenters. The lowest BCUT2D eigenvalue weighted by atomic mass is 9.78. The van der Waals surface area contributed by atoms with E-state index in [4.69, 9.17) is 15.9 Å². The maximum atomic E-state index is 12.2. The molecule has 0 aromatic carbocycles. The lowest BCUT2D eigenvalue weighted by Gasteiger charge is -2.30. The molecule has 0 fully saturated rings. The van der Waals surface area contributed by atoms with Gasteiger partial charge in [0.25, 0.3) is 5.91 Å². The Balaban J connectivity index is 5.72. The number of primary amides is 1. The topological polar surface area (TPSA) is 138 Å². The van der Waals surface area contributed by atoms with Crippen LogP contribution in [0.15, 0.2) is 0 Å². The van der Waals surface area contributed by atoms with E-state index in [9.17, 15) is 19.2 Å². The number of hydrogen-bond acceptors (Lipinski definition) is 6. The van der Waals surface area contributed by atoms with Gasteiger partial charge in [0, 0.05) is 13.1 Å². The summed E-state index contributed by atoms with van der Waals surface area (Å²) in [6.45, 7) is 0.483. The van der Waals surface area contributed by atoms with Gasteiger partial charge in [-0.25, -0.2) is 0 Å². The summed E-state index contributed by atoms with van der Waals surface area (Å²) < 4.78 is 0. The lowest BCUT2D eigenvalue weighted by Crippen LogP contribution is -2.59. The molecule has 2 amide bonds. The molecule has 0 rings (SSSR count). The van der Waals surface area contributed by atoms with Crippen LogP contribution in [-0.2, 0) is 19.2 Å². The summed E-state index contributed by atoms with van der Waals surface area (Å²) in [5, 5.41) is 17.7. The van der Waals surface area contributed by atoms with Gasteiger partial charge in [-0.15, -0.1) is 0 Å². The van der Waals surface area contributed by atoms with Crippen molar-refractivity contribution >= 4 is 23.4 Å². The Bertz CT molecular complexity index is 351. The molecule has 0 radical (unpaired) electrons. The molecule has 0 aromatic rings. The van der Waals surface area contributed by atoms with Crippen molar-refractivity contribution in [1.82, 2.24) is 4.90 Å². The van der Waals surface area contributed by atoms with E-state index in [0.29, 0.717) is 0 Å². The molecule has 19 heavy (non-hydrogen) atoms. The summed E-state index contributed by atoms with van der Waals surface area (Å²) in [7, 11) is 0. The Hall–Kier alpha value is -1.80. The summed E-state index contributed by atoms with van der Waals surface area (Å²) in [6, 6.07) is 0. The molecular weight excluding hydrogens is 256 g/mol. The number of nitrogens with zero attached hydrogens (tertiary/aromatic N) is 1. The number of carbonyl (C=O) groups is 4. The summed E-state index contributed by atoms with van der Waals surface area (Å²) >= 11 is 0. The fraction of sp³-hybridized carbons (Fsp3) is 0.636. The quantitative estimate of drug-likeness (QED) is 0.416. The Morgan fingerprint density at radius 3 is 1.58 bits per heavy atom. The van der Waals surface area contributed by atoms with Gasteiger partial charge in [0.1, 0.15) is 0 Å². The molecule has 0 bridgehead atoms. The Kier molecular flexibility index (Phi) is 6.30. The zero-order valence-corrected chi connectivity index (χ0v) is 10.9. The van der Waals surface area contributed by atoms with Crippen molar-refractivity contribution in [2.45, 2.75) is 13.8 Å². The Labute approximate surface area is 110 Å². The molecule has 0 spiro atoms. The van der Waals surface area contributed by atoms with Crippen molar-refractivity contribution in [2.24, 2.45) is 11.1 Å². The minimum absolute atomic E-state index is 0.227. The molecule has 108 valence electrons. The summed E-state index contributed by atoms with van der Waals surface area (Å²) in [5.41, 5.74) is 2.46. The van der Waals surface area contributed by atoms with E-state index in [2.05, 4.69) is 0 Å². The second kappa shape index (κ2) is 6.95. The van der Waals surface area contributed by atoms with Gasteiger partial charge < -0.3 is 20.8 Å². The van der Waals surface area contributed by atoms with E-state index < -0.39 is 42.0 Å². The third kappa shape index (κ3) is 3.15.